The van der Waals surface area contributed by atoms with Gasteiger partial charge in [-0.05, 0) is 38.1 Å². The van der Waals surface area contributed by atoms with Gasteiger partial charge in [-0.1, -0.05) is 6.92 Å². The van der Waals surface area contributed by atoms with Crippen LogP contribution in [0.1, 0.15) is 26.3 Å². The van der Waals surface area contributed by atoms with Crippen LogP contribution in [0.5, 0.6) is 0 Å². The number of hydrogen-bond donors (Lipinski definition) is 1. The molecule has 0 radical (unpaired) electrons. The van der Waals surface area contributed by atoms with Crippen molar-refractivity contribution in [2.24, 2.45) is 0 Å². The fraction of sp³-hybridized carbons (Fsp3) is 0.688. The molecule has 0 atom stereocenters. The van der Waals surface area contributed by atoms with Crippen molar-refractivity contribution < 1.29 is 0 Å². The number of nitrogens with one attached hydrogen (secondary N) is 1. The molecule has 1 N–H and O–H groups in total. The third-order valence-electron chi connectivity index (χ3n) is 4.19. The van der Waals surface area contributed by atoms with E-state index in [2.05, 4.69) is 53.0 Å². The summed E-state index contributed by atoms with van der Waals surface area (Å²) in [6.07, 6.45) is 3.76. The zero-order chi connectivity index (χ0) is 14.4. The lowest BCUT2D eigenvalue weighted by Crippen LogP contribution is -2.57. The van der Waals surface area contributed by atoms with Gasteiger partial charge in [0.05, 0.1) is 0 Å². The predicted octanol–water partition coefficient (Wildman–Crippen LogP) is 1.59. The van der Waals surface area contributed by atoms with E-state index in [0.717, 1.165) is 45.8 Å². The van der Waals surface area contributed by atoms with Crippen molar-refractivity contribution in [2.45, 2.75) is 32.9 Å². The van der Waals surface area contributed by atoms with E-state index in [1.165, 1.54) is 5.56 Å². The van der Waals surface area contributed by atoms with Gasteiger partial charge in [-0.2, -0.15) is 0 Å². The zero-order valence-electron chi connectivity index (χ0n) is 13.1. The minimum atomic E-state index is 0.227. The number of likely N-dealkylation sites (N-methyl/N-ethyl adjacent to an activating group) is 1. The van der Waals surface area contributed by atoms with Gasteiger partial charge in [0, 0.05) is 57.2 Å². The first-order chi connectivity index (χ1) is 9.62. The smallest absolute Gasteiger partial charge is 0.0281 e. The summed E-state index contributed by atoms with van der Waals surface area (Å²) in [6, 6.07) is 4.22. The quantitative estimate of drug-likeness (QED) is 0.855. The lowest BCUT2D eigenvalue weighted by Gasteiger charge is -2.43. The molecule has 2 rings (SSSR count). The highest BCUT2D eigenvalue weighted by atomic mass is 15.3. The highest BCUT2D eigenvalue weighted by Crippen LogP contribution is 2.18. The van der Waals surface area contributed by atoms with E-state index in [-0.39, 0.29) is 5.54 Å². The normalized spacial score (nSPS) is 17.6. The second kappa shape index (κ2) is 7.16. The highest BCUT2D eigenvalue weighted by molar-refractivity contribution is 5.09. The monoisotopic (exact) mass is 276 g/mol. The SMILES string of the molecule is CCN(Cc1ccncc1)CC(C)(C)N1CCNCC1. The third-order valence-corrected chi connectivity index (χ3v) is 4.19. The van der Waals surface area contributed by atoms with Gasteiger partial charge in [-0.25, -0.2) is 0 Å². The average molecular weight is 276 g/mol. The number of rotatable bonds is 6. The summed E-state index contributed by atoms with van der Waals surface area (Å²) >= 11 is 0. The van der Waals surface area contributed by atoms with Gasteiger partial charge in [0.2, 0.25) is 0 Å². The molecule has 0 saturated carbocycles. The Balaban J connectivity index is 1.94. The van der Waals surface area contributed by atoms with E-state index in [4.69, 9.17) is 0 Å². The summed E-state index contributed by atoms with van der Waals surface area (Å²) in [5.41, 5.74) is 1.57. The average Bonchev–Trinajstić information content (AvgIpc) is 2.48. The molecule has 1 fully saturated rings. The Labute approximate surface area is 123 Å². The number of nitrogens with zero attached hydrogens (tertiary/aromatic N) is 3. The van der Waals surface area contributed by atoms with E-state index < -0.39 is 0 Å². The fourth-order valence-corrected chi connectivity index (χ4v) is 2.94. The molecular formula is C16H28N4. The van der Waals surface area contributed by atoms with Gasteiger partial charge in [0.1, 0.15) is 0 Å². The van der Waals surface area contributed by atoms with Crippen LogP contribution >= 0.6 is 0 Å². The molecule has 4 heteroatoms. The Morgan fingerprint density at radius 1 is 1.25 bits per heavy atom. The summed E-state index contributed by atoms with van der Waals surface area (Å²) in [6.45, 7) is 14.7. The Morgan fingerprint density at radius 3 is 2.50 bits per heavy atom. The van der Waals surface area contributed by atoms with Crippen molar-refractivity contribution in [3.8, 4) is 0 Å². The van der Waals surface area contributed by atoms with Crippen molar-refractivity contribution in [2.75, 3.05) is 39.3 Å². The van der Waals surface area contributed by atoms with Crippen molar-refractivity contribution in [1.29, 1.82) is 0 Å². The third kappa shape index (κ3) is 4.27. The predicted molar refractivity (Wildman–Crippen MR) is 83.7 cm³/mol. The maximum Gasteiger partial charge on any atom is 0.0281 e. The van der Waals surface area contributed by atoms with Crippen LogP contribution in [0.25, 0.3) is 0 Å². The van der Waals surface area contributed by atoms with Gasteiger partial charge < -0.3 is 5.32 Å². The molecule has 0 unspecified atom stereocenters. The van der Waals surface area contributed by atoms with E-state index in [1.807, 2.05) is 12.4 Å². The molecule has 1 aromatic heterocycles. The molecule has 1 saturated heterocycles. The van der Waals surface area contributed by atoms with Crippen molar-refractivity contribution >= 4 is 0 Å². The van der Waals surface area contributed by atoms with Crippen LogP contribution in [0.15, 0.2) is 24.5 Å². The molecule has 1 aliphatic heterocycles. The molecule has 0 amide bonds. The van der Waals surface area contributed by atoms with Crippen LogP contribution < -0.4 is 5.32 Å². The second-order valence-corrected chi connectivity index (χ2v) is 6.21. The topological polar surface area (TPSA) is 31.4 Å². The van der Waals surface area contributed by atoms with Crippen LogP contribution in [0, 0.1) is 0 Å². The first-order valence-electron chi connectivity index (χ1n) is 7.69. The number of hydrogen-bond acceptors (Lipinski definition) is 4. The first kappa shape index (κ1) is 15.4. The maximum atomic E-state index is 4.09. The summed E-state index contributed by atoms with van der Waals surface area (Å²) in [5, 5.41) is 3.43. The van der Waals surface area contributed by atoms with Gasteiger partial charge in [-0.3, -0.25) is 14.8 Å². The van der Waals surface area contributed by atoms with Gasteiger partial charge in [0.15, 0.2) is 0 Å². The minimum Gasteiger partial charge on any atom is -0.314 e. The van der Waals surface area contributed by atoms with Gasteiger partial charge >= 0.3 is 0 Å². The number of piperazine rings is 1. The standard InChI is InChI=1S/C16H28N4/c1-4-19(13-15-5-7-17-8-6-15)14-16(2,3)20-11-9-18-10-12-20/h5-8,18H,4,9-14H2,1-3H3. The van der Waals surface area contributed by atoms with E-state index in [0.29, 0.717) is 0 Å². The Hall–Kier alpha value is -0.970. The van der Waals surface area contributed by atoms with Crippen LogP contribution in [0.3, 0.4) is 0 Å². The van der Waals surface area contributed by atoms with Crippen LogP contribution in [0.4, 0.5) is 0 Å². The van der Waals surface area contributed by atoms with E-state index in [9.17, 15) is 0 Å². The number of pyridine rings is 1. The lowest BCUT2D eigenvalue weighted by atomic mass is 10.0. The Bertz CT molecular complexity index is 385. The molecular weight excluding hydrogens is 248 g/mol. The molecule has 112 valence electrons. The second-order valence-electron chi connectivity index (χ2n) is 6.21. The van der Waals surface area contributed by atoms with Crippen molar-refractivity contribution in [3.63, 3.8) is 0 Å². The molecule has 0 bridgehead atoms. The minimum absolute atomic E-state index is 0.227. The Kier molecular flexibility index (Phi) is 5.52. The van der Waals surface area contributed by atoms with Crippen molar-refractivity contribution in [1.82, 2.24) is 20.1 Å². The van der Waals surface area contributed by atoms with E-state index >= 15 is 0 Å². The fourth-order valence-electron chi connectivity index (χ4n) is 2.94. The molecule has 20 heavy (non-hydrogen) atoms. The summed E-state index contributed by atoms with van der Waals surface area (Å²) in [5.74, 6) is 0. The van der Waals surface area contributed by atoms with Gasteiger partial charge in [0.25, 0.3) is 0 Å². The molecule has 1 aromatic rings. The lowest BCUT2D eigenvalue weighted by molar-refractivity contribution is 0.0623. The molecule has 0 aromatic carbocycles. The zero-order valence-corrected chi connectivity index (χ0v) is 13.1. The largest absolute Gasteiger partial charge is 0.314 e. The molecule has 1 aliphatic rings. The molecule has 0 aliphatic carbocycles. The summed E-state index contributed by atoms with van der Waals surface area (Å²) in [4.78, 5) is 9.23. The highest BCUT2D eigenvalue weighted by Gasteiger charge is 2.29. The number of aromatic nitrogens is 1. The molecule has 4 nitrogen and oxygen atoms in total. The van der Waals surface area contributed by atoms with Gasteiger partial charge in [-0.15, -0.1) is 0 Å². The molecule has 2 heterocycles. The first-order valence-corrected chi connectivity index (χ1v) is 7.69. The van der Waals surface area contributed by atoms with Crippen molar-refractivity contribution in [3.05, 3.63) is 30.1 Å². The maximum absolute atomic E-state index is 4.09. The summed E-state index contributed by atoms with van der Waals surface area (Å²) < 4.78 is 0. The Morgan fingerprint density at radius 2 is 1.90 bits per heavy atom. The summed E-state index contributed by atoms with van der Waals surface area (Å²) in [7, 11) is 0. The molecule has 0 spiro atoms. The van der Waals surface area contributed by atoms with Crippen LogP contribution in [-0.4, -0.2) is 59.6 Å². The van der Waals surface area contributed by atoms with Crippen LogP contribution in [-0.2, 0) is 6.54 Å². The van der Waals surface area contributed by atoms with E-state index in [1.54, 1.807) is 0 Å². The van der Waals surface area contributed by atoms with Crippen LogP contribution in [0.2, 0.25) is 0 Å².